The SMILES string of the molecule is CC(C)[C@@H]1NC(=O)[C@H](CC(=O)O)NC(=O)[C@H](CCCCN)NC(=O)[C@H](CCCN=C(N)N)NC(=O)[C@H](CS)NC(=O)[C@H](Cc2ccc(O)cc2)NC1=O. The van der Waals surface area contributed by atoms with E-state index in [-0.39, 0.29) is 56.2 Å². The van der Waals surface area contributed by atoms with E-state index in [1.54, 1.807) is 13.8 Å². The molecule has 53 heavy (non-hydrogen) atoms. The number of phenolic OH excluding ortho intramolecular Hbond substituents is 1. The van der Waals surface area contributed by atoms with Crippen LogP contribution in [0.4, 0.5) is 0 Å². The highest BCUT2D eigenvalue weighted by atomic mass is 32.1. The van der Waals surface area contributed by atoms with Gasteiger partial charge in [0, 0.05) is 18.7 Å². The number of aliphatic imine (C=N–C) groups is 1. The highest BCUT2D eigenvalue weighted by molar-refractivity contribution is 7.80. The maximum atomic E-state index is 13.8. The fourth-order valence-electron chi connectivity index (χ4n) is 5.33. The number of carboxylic acids is 1. The lowest BCUT2D eigenvalue weighted by Gasteiger charge is -2.29. The van der Waals surface area contributed by atoms with Gasteiger partial charge in [-0.1, -0.05) is 26.0 Å². The van der Waals surface area contributed by atoms with Gasteiger partial charge in [0.25, 0.3) is 0 Å². The number of rotatable bonds is 14. The van der Waals surface area contributed by atoms with E-state index in [1.807, 2.05) is 0 Å². The topological polar surface area (TPSA) is 323 Å². The first-order valence-corrected chi connectivity index (χ1v) is 17.9. The van der Waals surface area contributed by atoms with Crippen molar-refractivity contribution in [1.29, 1.82) is 0 Å². The van der Waals surface area contributed by atoms with Crippen molar-refractivity contribution in [2.45, 2.75) is 95.0 Å². The zero-order valence-electron chi connectivity index (χ0n) is 29.8. The molecule has 0 aliphatic carbocycles. The highest BCUT2D eigenvalue weighted by Gasteiger charge is 2.36. The molecular weight excluding hydrogens is 712 g/mol. The first kappa shape index (κ1) is 44.1. The monoisotopic (exact) mass is 764 g/mol. The lowest BCUT2D eigenvalue weighted by Crippen LogP contribution is -2.62. The second kappa shape index (κ2) is 22.1. The van der Waals surface area contributed by atoms with Crippen LogP contribution in [-0.4, -0.2) is 113 Å². The van der Waals surface area contributed by atoms with Gasteiger partial charge in [-0.2, -0.15) is 12.6 Å². The summed E-state index contributed by atoms with van der Waals surface area (Å²) in [5.74, 6) is -7.57. The first-order valence-electron chi connectivity index (χ1n) is 17.2. The maximum absolute atomic E-state index is 13.8. The van der Waals surface area contributed by atoms with Crippen molar-refractivity contribution >= 4 is 60.0 Å². The Labute approximate surface area is 312 Å². The molecule has 1 aliphatic heterocycles. The van der Waals surface area contributed by atoms with Crippen molar-refractivity contribution in [3.8, 4) is 5.75 Å². The molecule has 20 heteroatoms. The molecule has 1 aromatic rings. The van der Waals surface area contributed by atoms with E-state index < -0.39 is 90.0 Å². The smallest absolute Gasteiger partial charge is 0.305 e. The molecule has 6 amide bonds. The van der Waals surface area contributed by atoms with Crippen LogP contribution in [-0.2, 0) is 40.0 Å². The minimum absolute atomic E-state index is 0.0150. The number of unbranched alkanes of at least 4 members (excludes halogenated alkanes) is 1. The number of benzene rings is 1. The number of carbonyl (C=O) groups excluding carboxylic acids is 6. The lowest BCUT2D eigenvalue weighted by molar-refractivity contribution is -0.142. The number of carboxylic acid groups (broad SMARTS) is 1. The Balaban J connectivity index is 2.63. The van der Waals surface area contributed by atoms with Gasteiger partial charge in [0.1, 0.15) is 42.0 Å². The van der Waals surface area contributed by atoms with Crippen LogP contribution in [0.15, 0.2) is 29.3 Å². The molecule has 0 spiro atoms. The molecule has 2 rings (SSSR count). The third-order valence-corrected chi connectivity index (χ3v) is 8.61. The fraction of sp³-hybridized carbons (Fsp3) is 0.576. The quantitative estimate of drug-likeness (QED) is 0.0393. The number of guanidine groups is 1. The van der Waals surface area contributed by atoms with Crippen LogP contribution < -0.4 is 49.1 Å². The van der Waals surface area contributed by atoms with Gasteiger partial charge in [-0.3, -0.25) is 38.6 Å². The average Bonchev–Trinajstić information content (AvgIpc) is 3.09. The molecule has 1 heterocycles. The van der Waals surface area contributed by atoms with Gasteiger partial charge in [0.2, 0.25) is 35.4 Å². The van der Waals surface area contributed by atoms with E-state index in [4.69, 9.17) is 17.2 Å². The minimum Gasteiger partial charge on any atom is -0.508 e. The van der Waals surface area contributed by atoms with Gasteiger partial charge < -0.3 is 59.3 Å². The lowest BCUT2D eigenvalue weighted by atomic mass is 9.99. The minimum atomic E-state index is -1.68. The van der Waals surface area contributed by atoms with Crippen molar-refractivity contribution in [3.63, 3.8) is 0 Å². The number of aromatic hydroxyl groups is 1. The zero-order chi connectivity index (χ0) is 39.7. The largest absolute Gasteiger partial charge is 0.508 e. The van der Waals surface area contributed by atoms with Crippen molar-refractivity contribution in [3.05, 3.63) is 29.8 Å². The van der Waals surface area contributed by atoms with Gasteiger partial charge in [-0.25, -0.2) is 0 Å². The Kier molecular flexibility index (Phi) is 18.3. The molecule has 1 saturated heterocycles. The van der Waals surface area contributed by atoms with E-state index in [9.17, 15) is 43.8 Å². The second-order valence-electron chi connectivity index (χ2n) is 12.9. The Morgan fingerprint density at radius 2 is 1.23 bits per heavy atom. The number of nitrogens with one attached hydrogen (secondary N) is 6. The number of nitrogens with zero attached hydrogens (tertiary/aromatic N) is 1. The highest BCUT2D eigenvalue weighted by Crippen LogP contribution is 2.13. The molecule has 0 saturated carbocycles. The summed E-state index contributed by atoms with van der Waals surface area (Å²) in [5.41, 5.74) is 17.0. The molecule has 1 fully saturated rings. The van der Waals surface area contributed by atoms with E-state index in [1.165, 1.54) is 24.3 Å². The summed E-state index contributed by atoms with van der Waals surface area (Å²) in [4.78, 5) is 97.7. The molecule has 294 valence electrons. The van der Waals surface area contributed by atoms with Crippen molar-refractivity contribution in [2.75, 3.05) is 18.8 Å². The Hall–Kier alpha value is -5.11. The Morgan fingerprint density at radius 1 is 0.736 bits per heavy atom. The van der Waals surface area contributed by atoms with E-state index >= 15 is 0 Å². The van der Waals surface area contributed by atoms with E-state index in [0.717, 1.165) is 0 Å². The molecule has 0 unspecified atom stereocenters. The Morgan fingerprint density at radius 3 is 1.75 bits per heavy atom. The molecule has 1 aromatic carbocycles. The summed E-state index contributed by atoms with van der Waals surface area (Å²) >= 11 is 4.24. The van der Waals surface area contributed by atoms with Gasteiger partial charge >= 0.3 is 5.97 Å². The number of aliphatic carboxylic acids is 1. The third-order valence-electron chi connectivity index (χ3n) is 8.24. The maximum Gasteiger partial charge on any atom is 0.305 e. The number of amides is 6. The van der Waals surface area contributed by atoms with Crippen LogP contribution in [0.5, 0.6) is 5.75 Å². The number of phenols is 1. The summed E-state index contributed by atoms with van der Waals surface area (Å²) in [5, 5.41) is 34.6. The molecule has 0 aromatic heterocycles. The van der Waals surface area contributed by atoms with Crippen molar-refractivity contribution in [2.24, 2.45) is 28.1 Å². The third kappa shape index (κ3) is 15.2. The van der Waals surface area contributed by atoms with Crippen molar-refractivity contribution < 1.29 is 43.8 Å². The van der Waals surface area contributed by atoms with Crippen LogP contribution in [0.2, 0.25) is 0 Å². The summed E-state index contributed by atoms with van der Waals surface area (Å²) in [7, 11) is 0. The summed E-state index contributed by atoms with van der Waals surface area (Å²) in [6.45, 7) is 3.58. The summed E-state index contributed by atoms with van der Waals surface area (Å²) < 4.78 is 0. The normalized spacial score (nSPS) is 23.6. The molecule has 14 N–H and O–H groups in total. The van der Waals surface area contributed by atoms with Crippen LogP contribution in [0, 0.1) is 5.92 Å². The molecule has 6 atom stereocenters. The Bertz CT molecular complexity index is 1470. The predicted octanol–water partition coefficient (Wildman–Crippen LogP) is -2.90. The van der Waals surface area contributed by atoms with Crippen LogP contribution in [0.25, 0.3) is 0 Å². The number of thiol groups is 1. The first-order chi connectivity index (χ1) is 25.1. The number of carbonyl (C=O) groups is 7. The molecule has 19 nitrogen and oxygen atoms in total. The number of hydrogen-bond donors (Lipinski definition) is 12. The van der Waals surface area contributed by atoms with E-state index in [2.05, 4.69) is 49.5 Å². The van der Waals surface area contributed by atoms with Crippen molar-refractivity contribution in [1.82, 2.24) is 31.9 Å². The van der Waals surface area contributed by atoms with Gasteiger partial charge in [0.15, 0.2) is 5.96 Å². The predicted molar refractivity (Wildman–Crippen MR) is 197 cm³/mol. The zero-order valence-corrected chi connectivity index (χ0v) is 30.7. The molecule has 1 aliphatic rings. The van der Waals surface area contributed by atoms with Crippen LogP contribution in [0.3, 0.4) is 0 Å². The second-order valence-corrected chi connectivity index (χ2v) is 13.3. The fourth-order valence-corrected chi connectivity index (χ4v) is 5.59. The van der Waals surface area contributed by atoms with Gasteiger partial charge in [0.05, 0.1) is 6.42 Å². The van der Waals surface area contributed by atoms with E-state index in [0.29, 0.717) is 18.4 Å². The van der Waals surface area contributed by atoms with Crippen LogP contribution in [0.1, 0.15) is 57.9 Å². The molecular formula is C33H52N10O9S. The number of nitrogens with two attached hydrogens (primary N) is 3. The van der Waals surface area contributed by atoms with Gasteiger partial charge in [-0.15, -0.1) is 0 Å². The van der Waals surface area contributed by atoms with Crippen LogP contribution >= 0.6 is 12.6 Å². The molecule has 0 bridgehead atoms. The summed E-state index contributed by atoms with van der Waals surface area (Å²) in [6.07, 6.45) is 0.0837. The standard InChI is InChI=1S/C33H52N10O9S/c1-17(2)26-32(52)41-22(14-18-8-10-19(44)11-9-18)29(49)42-24(16-53)31(51)39-21(7-5-13-37-33(35)36)27(47)38-20(6-3-4-12-34)28(48)40-23(15-25(45)46)30(50)43-26/h8-11,17,20-24,26,44,53H,3-7,12-16,34H2,1-2H3,(H,38,47)(H,39,51)(H,40,48)(H,41,52)(H,42,49)(H,43,50)(H,45,46)(H4,35,36,37)/t20-,21-,22-,23-,24-,26-/m0/s1. The number of hydrogen-bond acceptors (Lipinski definition) is 11. The summed E-state index contributed by atoms with van der Waals surface area (Å²) in [6, 6.07) is -2.38. The van der Waals surface area contributed by atoms with Gasteiger partial charge in [-0.05, 0) is 62.3 Å². The average molecular weight is 765 g/mol. The molecule has 0 radical (unpaired) electrons.